The molecule has 1 heterocycles. The first-order valence-corrected chi connectivity index (χ1v) is 7.27. The number of carbonyl (C=O) groups excluding carboxylic acids is 2. The number of amides is 2. The smallest absolute Gasteiger partial charge is 0.266 e. The molecule has 5 heteroatoms. The Morgan fingerprint density at radius 2 is 2.00 bits per heavy atom. The van der Waals surface area contributed by atoms with Crippen molar-refractivity contribution in [1.82, 2.24) is 9.80 Å². The molecule has 0 aliphatic carbocycles. The zero-order valence-electron chi connectivity index (χ0n) is 11.5. The van der Waals surface area contributed by atoms with Gasteiger partial charge in [-0.15, -0.1) is 0 Å². The molecule has 20 heavy (non-hydrogen) atoms. The number of thiocarbonyl (C=S) groups is 1. The van der Waals surface area contributed by atoms with E-state index in [0.29, 0.717) is 23.6 Å². The molecule has 1 aliphatic rings. The number of unbranched alkanes of at least 4 members (excludes halogenated alkanes) is 1. The molecule has 1 aromatic carbocycles. The normalized spacial score (nSPS) is 15.7. The number of hydrogen-bond acceptors (Lipinski definition) is 3. The fourth-order valence-corrected chi connectivity index (χ4v) is 2.52. The van der Waals surface area contributed by atoms with Gasteiger partial charge >= 0.3 is 0 Å². The van der Waals surface area contributed by atoms with E-state index in [1.807, 2.05) is 11.0 Å². The number of nitrogens with zero attached hydrogens (tertiary/aromatic N) is 2. The number of carbonyl (C=O) groups is 2. The molecule has 0 N–H and O–H groups in total. The van der Waals surface area contributed by atoms with Crippen LogP contribution in [0.25, 0.3) is 0 Å². The van der Waals surface area contributed by atoms with Crippen molar-refractivity contribution < 1.29 is 9.59 Å². The third kappa shape index (κ3) is 3.04. The first-order chi connectivity index (χ1) is 9.65. The van der Waals surface area contributed by atoms with Gasteiger partial charge in [-0.25, -0.2) is 4.90 Å². The molecule has 0 unspecified atom stereocenters. The average molecular weight is 290 g/mol. The van der Waals surface area contributed by atoms with E-state index in [1.165, 1.54) is 0 Å². The van der Waals surface area contributed by atoms with Gasteiger partial charge in [-0.05, 0) is 30.8 Å². The van der Waals surface area contributed by atoms with Crippen molar-refractivity contribution in [1.29, 1.82) is 0 Å². The van der Waals surface area contributed by atoms with Gasteiger partial charge in [0.15, 0.2) is 5.11 Å². The van der Waals surface area contributed by atoms with Gasteiger partial charge in [0.2, 0.25) is 5.91 Å². The Kier molecular flexibility index (Phi) is 4.84. The molecule has 0 spiro atoms. The second-order valence-corrected chi connectivity index (χ2v) is 5.14. The fraction of sp³-hybridized carbons (Fsp3) is 0.400. The summed E-state index contributed by atoms with van der Waals surface area (Å²) >= 11 is 5.33. The van der Waals surface area contributed by atoms with Crippen molar-refractivity contribution in [2.75, 3.05) is 13.1 Å². The Labute approximate surface area is 124 Å². The number of hydrogen-bond donors (Lipinski definition) is 0. The van der Waals surface area contributed by atoms with Gasteiger partial charge in [0.1, 0.15) is 0 Å². The quantitative estimate of drug-likeness (QED) is 0.631. The van der Waals surface area contributed by atoms with Crippen LogP contribution in [0.3, 0.4) is 0 Å². The highest BCUT2D eigenvalue weighted by Crippen LogP contribution is 2.16. The van der Waals surface area contributed by atoms with Crippen molar-refractivity contribution in [3.63, 3.8) is 0 Å². The zero-order valence-corrected chi connectivity index (χ0v) is 12.4. The minimum atomic E-state index is -0.332. The molecule has 0 aromatic heterocycles. The van der Waals surface area contributed by atoms with Gasteiger partial charge in [0.05, 0.1) is 0 Å². The number of benzene rings is 1. The van der Waals surface area contributed by atoms with Crippen molar-refractivity contribution in [2.45, 2.75) is 26.2 Å². The lowest BCUT2D eigenvalue weighted by molar-refractivity contribution is -0.127. The van der Waals surface area contributed by atoms with Gasteiger partial charge in [-0.3, -0.25) is 9.59 Å². The van der Waals surface area contributed by atoms with Crippen molar-refractivity contribution in [3.05, 3.63) is 35.9 Å². The van der Waals surface area contributed by atoms with E-state index in [0.717, 1.165) is 24.3 Å². The van der Waals surface area contributed by atoms with E-state index in [9.17, 15) is 9.59 Å². The first kappa shape index (κ1) is 14.7. The Hall–Kier alpha value is -1.75. The molecule has 106 valence electrons. The third-order valence-electron chi connectivity index (χ3n) is 3.31. The number of rotatable bonds is 4. The first-order valence-electron chi connectivity index (χ1n) is 6.86. The molecular formula is C15H18N2O2S. The molecule has 1 aliphatic heterocycles. The van der Waals surface area contributed by atoms with E-state index in [4.69, 9.17) is 12.2 Å². The second kappa shape index (κ2) is 6.61. The van der Waals surface area contributed by atoms with Gasteiger partial charge in [0.25, 0.3) is 5.91 Å². The standard InChI is InChI=1S/C15H18N2O2S/c1-2-3-10-16-11-9-13(18)17(15(16)20)14(19)12-7-5-4-6-8-12/h4-8H,2-3,9-11H2,1H3. The maximum atomic E-state index is 12.4. The highest BCUT2D eigenvalue weighted by atomic mass is 32.1. The zero-order chi connectivity index (χ0) is 14.5. The Bertz CT molecular complexity index is 516. The maximum Gasteiger partial charge on any atom is 0.266 e. The molecule has 2 rings (SSSR count). The maximum absolute atomic E-state index is 12.4. The minimum absolute atomic E-state index is 0.211. The molecule has 2 amide bonds. The van der Waals surface area contributed by atoms with Crippen LogP contribution in [0.1, 0.15) is 36.5 Å². The van der Waals surface area contributed by atoms with Crippen LogP contribution in [0.4, 0.5) is 0 Å². The monoisotopic (exact) mass is 290 g/mol. The van der Waals surface area contributed by atoms with Crippen LogP contribution in [-0.2, 0) is 4.79 Å². The Balaban J connectivity index is 2.18. The highest BCUT2D eigenvalue weighted by molar-refractivity contribution is 7.80. The Morgan fingerprint density at radius 3 is 2.65 bits per heavy atom. The van der Waals surface area contributed by atoms with Crippen molar-refractivity contribution >= 4 is 29.1 Å². The van der Waals surface area contributed by atoms with Gasteiger partial charge in [-0.2, -0.15) is 0 Å². The number of imide groups is 1. The minimum Gasteiger partial charge on any atom is -0.348 e. The summed E-state index contributed by atoms with van der Waals surface area (Å²) in [6.45, 7) is 3.50. The molecule has 0 atom stereocenters. The molecule has 1 saturated heterocycles. The van der Waals surface area contributed by atoms with Gasteiger partial charge in [0, 0.05) is 25.1 Å². The summed E-state index contributed by atoms with van der Waals surface area (Å²) in [5, 5.41) is 0.337. The molecule has 0 radical (unpaired) electrons. The summed E-state index contributed by atoms with van der Waals surface area (Å²) in [5.41, 5.74) is 0.487. The molecular weight excluding hydrogens is 272 g/mol. The highest BCUT2D eigenvalue weighted by Gasteiger charge is 2.33. The average Bonchev–Trinajstić information content (AvgIpc) is 2.47. The molecule has 4 nitrogen and oxygen atoms in total. The van der Waals surface area contributed by atoms with E-state index in [2.05, 4.69) is 6.92 Å². The van der Waals surface area contributed by atoms with E-state index in [1.54, 1.807) is 24.3 Å². The summed E-state index contributed by atoms with van der Waals surface area (Å²) in [7, 11) is 0. The lowest BCUT2D eigenvalue weighted by atomic mass is 10.1. The third-order valence-corrected chi connectivity index (χ3v) is 3.75. The van der Waals surface area contributed by atoms with Crippen LogP contribution in [0, 0.1) is 0 Å². The Morgan fingerprint density at radius 1 is 1.30 bits per heavy atom. The largest absolute Gasteiger partial charge is 0.348 e. The summed E-state index contributed by atoms with van der Waals surface area (Å²) in [6, 6.07) is 8.78. The van der Waals surface area contributed by atoms with Crippen LogP contribution in [0.15, 0.2) is 30.3 Å². The topological polar surface area (TPSA) is 40.6 Å². The molecule has 0 bridgehead atoms. The van der Waals surface area contributed by atoms with Crippen molar-refractivity contribution in [2.24, 2.45) is 0 Å². The van der Waals surface area contributed by atoms with E-state index in [-0.39, 0.29) is 11.8 Å². The van der Waals surface area contributed by atoms with Gasteiger partial charge in [-0.1, -0.05) is 31.5 Å². The lowest BCUT2D eigenvalue weighted by Crippen LogP contribution is -2.54. The van der Waals surface area contributed by atoms with Crippen molar-refractivity contribution in [3.8, 4) is 0 Å². The summed E-state index contributed by atoms with van der Waals surface area (Å²) in [5.74, 6) is -0.543. The van der Waals surface area contributed by atoms with E-state index < -0.39 is 0 Å². The van der Waals surface area contributed by atoms with E-state index >= 15 is 0 Å². The fourth-order valence-electron chi connectivity index (χ4n) is 2.15. The molecule has 0 saturated carbocycles. The predicted octanol–water partition coefficient (Wildman–Crippen LogP) is 2.45. The lowest BCUT2D eigenvalue weighted by Gasteiger charge is -2.35. The molecule has 1 aromatic rings. The van der Waals surface area contributed by atoms with Crippen LogP contribution in [-0.4, -0.2) is 39.8 Å². The van der Waals surface area contributed by atoms with Crippen LogP contribution in [0.2, 0.25) is 0 Å². The molecule has 1 fully saturated rings. The summed E-state index contributed by atoms with van der Waals surface area (Å²) in [6.07, 6.45) is 2.39. The van der Waals surface area contributed by atoms with Crippen LogP contribution in [0.5, 0.6) is 0 Å². The van der Waals surface area contributed by atoms with Crippen LogP contribution < -0.4 is 0 Å². The predicted molar refractivity (Wildman–Crippen MR) is 81.3 cm³/mol. The van der Waals surface area contributed by atoms with Crippen LogP contribution >= 0.6 is 12.2 Å². The second-order valence-electron chi connectivity index (χ2n) is 4.77. The van der Waals surface area contributed by atoms with Gasteiger partial charge < -0.3 is 4.90 Å². The summed E-state index contributed by atoms with van der Waals surface area (Å²) < 4.78 is 0. The summed E-state index contributed by atoms with van der Waals surface area (Å²) in [4.78, 5) is 27.5. The SMILES string of the molecule is CCCCN1CCC(=O)N(C(=O)c2ccccc2)C1=S.